The number of benzene rings is 1. The summed E-state index contributed by atoms with van der Waals surface area (Å²) < 4.78 is 0. The highest BCUT2D eigenvalue weighted by Crippen LogP contribution is 2.29. The lowest BCUT2D eigenvalue weighted by molar-refractivity contribution is 0.120. The summed E-state index contributed by atoms with van der Waals surface area (Å²) >= 11 is 0. The molecule has 0 spiro atoms. The van der Waals surface area contributed by atoms with Crippen molar-refractivity contribution in [2.24, 2.45) is 0 Å². The van der Waals surface area contributed by atoms with Crippen molar-refractivity contribution in [3.63, 3.8) is 0 Å². The van der Waals surface area contributed by atoms with Crippen molar-refractivity contribution < 1.29 is 5.11 Å². The van der Waals surface area contributed by atoms with E-state index in [1.54, 1.807) is 0 Å². The maximum absolute atomic E-state index is 10.2. The zero-order valence-electron chi connectivity index (χ0n) is 9.95. The van der Waals surface area contributed by atoms with Gasteiger partial charge in [-0.3, -0.25) is 0 Å². The first-order valence-electron chi connectivity index (χ1n) is 6.32. The Morgan fingerprint density at radius 3 is 3.00 bits per heavy atom. The number of hydrogen-bond acceptors (Lipinski definition) is 2. The van der Waals surface area contributed by atoms with Crippen LogP contribution in [0.5, 0.6) is 0 Å². The molecule has 0 aliphatic carbocycles. The van der Waals surface area contributed by atoms with Crippen molar-refractivity contribution in [2.45, 2.75) is 51.3 Å². The van der Waals surface area contributed by atoms with Crippen LogP contribution < -0.4 is 5.32 Å². The first kappa shape index (κ1) is 11.6. The van der Waals surface area contributed by atoms with Crippen molar-refractivity contribution in [3.05, 3.63) is 35.4 Å². The third kappa shape index (κ3) is 2.45. The Kier molecular flexibility index (Phi) is 3.97. The maximum atomic E-state index is 10.2. The van der Waals surface area contributed by atoms with E-state index in [4.69, 9.17) is 0 Å². The summed E-state index contributed by atoms with van der Waals surface area (Å²) in [7, 11) is 0. The lowest BCUT2D eigenvalue weighted by Crippen LogP contribution is -2.26. The van der Waals surface area contributed by atoms with E-state index in [0.717, 1.165) is 19.4 Å². The molecule has 0 aromatic heterocycles. The number of unbranched alkanes of at least 4 members (excludes halogenated alkanes) is 2. The number of aliphatic hydroxyl groups excluding tert-OH is 1. The Bertz CT molecular complexity index is 337. The predicted octanol–water partition coefficient (Wildman–Crippen LogP) is 2.77. The van der Waals surface area contributed by atoms with Gasteiger partial charge >= 0.3 is 0 Å². The standard InChI is InChI=1S/C14H21NO/c1-2-3-4-9-13(16)14-12-8-6-5-7-11(12)10-15-14/h5-8,13-16H,2-4,9-10H2,1H3. The summed E-state index contributed by atoms with van der Waals surface area (Å²) in [5, 5.41) is 13.6. The van der Waals surface area contributed by atoms with Crippen LogP contribution in [0.4, 0.5) is 0 Å². The second-order valence-electron chi connectivity index (χ2n) is 4.62. The normalized spacial score (nSPS) is 20.8. The molecule has 1 aliphatic heterocycles. The van der Waals surface area contributed by atoms with E-state index < -0.39 is 0 Å². The van der Waals surface area contributed by atoms with E-state index in [-0.39, 0.29) is 12.1 Å². The first-order chi connectivity index (χ1) is 7.83. The summed E-state index contributed by atoms with van der Waals surface area (Å²) in [5.41, 5.74) is 2.62. The van der Waals surface area contributed by atoms with Crippen LogP contribution in [0.3, 0.4) is 0 Å². The second kappa shape index (κ2) is 5.46. The van der Waals surface area contributed by atoms with E-state index in [1.165, 1.54) is 24.0 Å². The zero-order chi connectivity index (χ0) is 11.4. The van der Waals surface area contributed by atoms with E-state index in [9.17, 15) is 5.11 Å². The van der Waals surface area contributed by atoms with Crippen molar-refractivity contribution in [1.82, 2.24) is 5.32 Å². The minimum absolute atomic E-state index is 0.146. The lowest BCUT2D eigenvalue weighted by atomic mass is 9.97. The average molecular weight is 219 g/mol. The van der Waals surface area contributed by atoms with Crippen LogP contribution >= 0.6 is 0 Å². The van der Waals surface area contributed by atoms with Crippen LogP contribution in [0.1, 0.15) is 49.8 Å². The van der Waals surface area contributed by atoms with Gasteiger partial charge in [0.2, 0.25) is 0 Å². The fourth-order valence-corrected chi connectivity index (χ4v) is 2.44. The van der Waals surface area contributed by atoms with Crippen LogP contribution in [0.25, 0.3) is 0 Å². The topological polar surface area (TPSA) is 32.3 Å². The van der Waals surface area contributed by atoms with Crippen LogP contribution in [0.15, 0.2) is 24.3 Å². The highest BCUT2D eigenvalue weighted by molar-refractivity contribution is 5.34. The Balaban J connectivity index is 1.96. The highest BCUT2D eigenvalue weighted by atomic mass is 16.3. The molecule has 0 radical (unpaired) electrons. The van der Waals surface area contributed by atoms with E-state index in [2.05, 4.69) is 36.5 Å². The molecule has 2 N–H and O–H groups in total. The smallest absolute Gasteiger partial charge is 0.0735 e. The quantitative estimate of drug-likeness (QED) is 0.746. The predicted molar refractivity (Wildman–Crippen MR) is 66.2 cm³/mol. The van der Waals surface area contributed by atoms with Gasteiger partial charge in [0.1, 0.15) is 0 Å². The second-order valence-corrected chi connectivity index (χ2v) is 4.62. The molecular formula is C14H21NO. The molecular weight excluding hydrogens is 198 g/mol. The van der Waals surface area contributed by atoms with E-state index >= 15 is 0 Å². The van der Waals surface area contributed by atoms with Crippen LogP contribution in [0.2, 0.25) is 0 Å². The molecule has 2 unspecified atom stereocenters. The molecule has 0 saturated carbocycles. The molecule has 0 fully saturated rings. The maximum Gasteiger partial charge on any atom is 0.0735 e. The summed E-state index contributed by atoms with van der Waals surface area (Å²) in [5.74, 6) is 0. The van der Waals surface area contributed by atoms with Crippen LogP contribution in [-0.4, -0.2) is 11.2 Å². The highest BCUT2D eigenvalue weighted by Gasteiger charge is 2.27. The molecule has 2 atom stereocenters. The molecule has 2 nitrogen and oxygen atoms in total. The van der Waals surface area contributed by atoms with Gasteiger partial charge < -0.3 is 10.4 Å². The number of nitrogens with one attached hydrogen (secondary N) is 1. The van der Waals surface area contributed by atoms with Gasteiger partial charge in [-0.15, -0.1) is 0 Å². The minimum atomic E-state index is -0.241. The van der Waals surface area contributed by atoms with Crippen LogP contribution in [-0.2, 0) is 6.54 Å². The SMILES string of the molecule is CCCCCC(O)C1NCc2ccccc21. The fourth-order valence-electron chi connectivity index (χ4n) is 2.44. The van der Waals surface area contributed by atoms with Gasteiger partial charge in [-0.1, -0.05) is 50.5 Å². The summed E-state index contributed by atoms with van der Waals surface area (Å²) in [4.78, 5) is 0. The molecule has 2 heteroatoms. The van der Waals surface area contributed by atoms with E-state index in [1.807, 2.05) is 0 Å². The van der Waals surface area contributed by atoms with Gasteiger partial charge in [0.05, 0.1) is 12.1 Å². The number of aliphatic hydroxyl groups is 1. The van der Waals surface area contributed by atoms with Crippen LogP contribution in [0, 0.1) is 0 Å². The number of fused-ring (bicyclic) bond motifs is 1. The van der Waals surface area contributed by atoms with Gasteiger partial charge in [-0.25, -0.2) is 0 Å². The Hall–Kier alpha value is -0.860. The first-order valence-corrected chi connectivity index (χ1v) is 6.32. The summed E-state index contributed by atoms with van der Waals surface area (Å²) in [6, 6.07) is 8.53. The monoisotopic (exact) mass is 219 g/mol. The van der Waals surface area contributed by atoms with Gasteiger partial charge in [0.25, 0.3) is 0 Å². The van der Waals surface area contributed by atoms with Gasteiger partial charge in [-0.2, -0.15) is 0 Å². The van der Waals surface area contributed by atoms with Crippen molar-refractivity contribution in [2.75, 3.05) is 0 Å². The van der Waals surface area contributed by atoms with Crippen molar-refractivity contribution in [3.8, 4) is 0 Å². The fraction of sp³-hybridized carbons (Fsp3) is 0.571. The average Bonchev–Trinajstić information content (AvgIpc) is 2.73. The van der Waals surface area contributed by atoms with E-state index in [0.29, 0.717) is 0 Å². The largest absolute Gasteiger partial charge is 0.391 e. The molecule has 0 bridgehead atoms. The Morgan fingerprint density at radius 1 is 1.38 bits per heavy atom. The molecule has 1 aromatic carbocycles. The van der Waals surface area contributed by atoms with Crippen molar-refractivity contribution in [1.29, 1.82) is 0 Å². The molecule has 88 valence electrons. The molecule has 1 aliphatic rings. The zero-order valence-corrected chi connectivity index (χ0v) is 9.95. The number of hydrogen-bond donors (Lipinski definition) is 2. The lowest BCUT2D eigenvalue weighted by Gasteiger charge is -2.19. The molecule has 1 aromatic rings. The minimum Gasteiger partial charge on any atom is -0.391 e. The third-order valence-electron chi connectivity index (χ3n) is 3.39. The molecule has 0 saturated heterocycles. The summed E-state index contributed by atoms with van der Waals surface area (Å²) in [6.07, 6.45) is 4.21. The number of rotatable bonds is 5. The molecule has 16 heavy (non-hydrogen) atoms. The van der Waals surface area contributed by atoms with Gasteiger partial charge in [0.15, 0.2) is 0 Å². The Labute approximate surface area is 97.7 Å². The Morgan fingerprint density at radius 2 is 2.19 bits per heavy atom. The molecule has 0 amide bonds. The summed E-state index contributed by atoms with van der Waals surface area (Å²) in [6.45, 7) is 3.08. The van der Waals surface area contributed by atoms with Gasteiger partial charge in [0, 0.05) is 6.54 Å². The molecule has 1 heterocycles. The third-order valence-corrected chi connectivity index (χ3v) is 3.39. The van der Waals surface area contributed by atoms with Crippen molar-refractivity contribution >= 4 is 0 Å². The molecule has 2 rings (SSSR count). The van der Waals surface area contributed by atoms with Gasteiger partial charge in [-0.05, 0) is 17.5 Å².